The van der Waals surface area contributed by atoms with Gasteiger partial charge in [0, 0.05) is 18.5 Å². The smallest absolute Gasteiger partial charge is 0.168 e. The van der Waals surface area contributed by atoms with E-state index in [9.17, 15) is 0 Å². The molecule has 1 aliphatic carbocycles. The summed E-state index contributed by atoms with van der Waals surface area (Å²) in [5.74, 6) is 1.73. The summed E-state index contributed by atoms with van der Waals surface area (Å²) in [6, 6.07) is 10.9. The first-order valence-corrected chi connectivity index (χ1v) is 9.06. The second kappa shape index (κ2) is 6.80. The molecule has 0 aliphatic heterocycles. The zero-order chi connectivity index (χ0) is 17.2. The number of para-hydroxylation sites is 1. The predicted molar refractivity (Wildman–Crippen MR) is 99.9 cm³/mol. The van der Waals surface area contributed by atoms with E-state index in [4.69, 9.17) is 15.7 Å². The third-order valence-electron chi connectivity index (χ3n) is 4.90. The molecule has 1 fully saturated rings. The highest BCUT2D eigenvalue weighted by molar-refractivity contribution is 5.87. The maximum atomic E-state index is 6.03. The van der Waals surface area contributed by atoms with Gasteiger partial charge < -0.3 is 11.1 Å². The van der Waals surface area contributed by atoms with Crippen LogP contribution in [0.3, 0.4) is 0 Å². The summed E-state index contributed by atoms with van der Waals surface area (Å²) in [5, 5.41) is 9.15. The highest BCUT2D eigenvalue weighted by Gasteiger charge is 2.21. The molecule has 0 amide bonds. The molecule has 1 aliphatic rings. The Hall–Kier alpha value is -2.47. The lowest BCUT2D eigenvalue weighted by Crippen LogP contribution is -2.33. The number of aryl methyl sites for hydroxylation is 1. The molecule has 2 aromatic heterocycles. The summed E-state index contributed by atoms with van der Waals surface area (Å²) < 4.78 is 1.89. The molecule has 6 heteroatoms. The number of benzene rings is 1. The Morgan fingerprint density at radius 3 is 2.60 bits per heavy atom. The summed E-state index contributed by atoms with van der Waals surface area (Å²) in [6.45, 7) is 2.08. The maximum absolute atomic E-state index is 6.03. The zero-order valence-corrected chi connectivity index (χ0v) is 14.5. The van der Waals surface area contributed by atoms with Crippen molar-refractivity contribution in [3.63, 3.8) is 0 Å². The third-order valence-corrected chi connectivity index (χ3v) is 4.90. The SMILES string of the molecule is CCc1nc(NC2CCC(N)CC2)c2cnn(-c3ccccc3)c2n1. The lowest BCUT2D eigenvalue weighted by Gasteiger charge is -2.27. The number of hydrogen-bond donors (Lipinski definition) is 2. The molecule has 2 heterocycles. The number of nitrogens with one attached hydrogen (secondary N) is 1. The van der Waals surface area contributed by atoms with Crippen LogP contribution in [-0.2, 0) is 6.42 Å². The van der Waals surface area contributed by atoms with E-state index in [1.54, 1.807) is 0 Å². The van der Waals surface area contributed by atoms with Gasteiger partial charge in [-0.2, -0.15) is 5.10 Å². The molecule has 130 valence electrons. The van der Waals surface area contributed by atoms with Crippen LogP contribution in [0.25, 0.3) is 16.7 Å². The Morgan fingerprint density at radius 2 is 1.88 bits per heavy atom. The van der Waals surface area contributed by atoms with E-state index >= 15 is 0 Å². The van der Waals surface area contributed by atoms with Crippen LogP contribution < -0.4 is 11.1 Å². The fourth-order valence-electron chi connectivity index (χ4n) is 3.44. The zero-order valence-electron chi connectivity index (χ0n) is 14.5. The molecule has 4 rings (SSSR count). The van der Waals surface area contributed by atoms with Gasteiger partial charge in [0.15, 0.2) is 5.65 Å². The van der Waals surface area contributed by atoms with Crippen molar-refractivity contribution in [3.05, 3.63) is 42.4 Å². The standard InChI is InChI=1S/C19H24N6/c1-2-17-23-18(22-14-10-8-13(20)9-11-14)16-12-21-25(19(16)24-17)15-6-4-3-5-7-15/h3-7,12-14H,2,8-11,20H2,1H3,(H,22,23,24). The third kappa shape index (κ3) is 3.22. The summed E-state index contributed by atoms with van der Waals surface area (Å²) in [6.07, 6.45) is 6.95. The largest absolute Gasteiger partial charge is 0.367 e. The molecule has 3 N–H and O–H groups in total. The van der Waals surface area contributed by atoms with Crippen LogP contribution in [0.1, 0.15) is 38.4 Å². The molecule has 3 aromatic rings. The molecular weight excluding hydrogens is 312 g/mol. The monoisotopic (exact) mass is 336 g/mol. The minimum Gasteiger partial charge on any atom is -0.367 e. The molecule has 0 radical (unpaired) electrons. The quantitative estimate of drug-likeness (QED) is 0.765. The normalized spacial score (nSPS) is 20.7. The molecule has 0 bridgehead atoms. The van der Waals surface area contributed by atoms with Gasteiger partial charge in [-0.25, -0.2) is 14.6 Å². The molecular formula is C19H24N6. The Bertz CT molecular complexity index is 849. The number of nitrogens with two attached hydrogens (primary N) is 1. The van der Waals surface area contributed by atoms with E-state index in [-0.39, 0.29) is 0 Å². The molecule has 1 saturated carbocycles. The first-order valence-electron chi connectivity index (χ1n) is 9.06. The first-order chi connectivity index (χ1) is 12.2. The van der Waals surface area contributed by atoms with Gasteiger partial charge in [-0.05, 0) is 37.8 Å². The summed E-state index contributed by atoms with van der Waals surface area (Å²) >= 11 is 0. The van der Waals surface area contributed by atoms with Gasteiger partial charge in [0.2, 0.25) is 0 Å². The van der Waals surface area contributed by atoms with Crippen LogP contribution in [0, 0.1) is 0 Å². The molecule has 0 spiro atoms. The topological polar surface area (TPSA) is 81.6 Å². The fourth-order valence-corrected chi connectivity index (χ4v) is 3.44. The van der Waals surface area contributed by atoms with E-state index in [1.165, 1.54) is 0 Å². The Balaban J connectivity index is 1.73. The van der Waals surface area contributed by atoms with Crippen molar-refractivity contribution in [1.29, 1.82) is 0 Å². The number of rotatable bonds is 4. The van der Waals surface area contributed by atoms with Crippen molar-refractivity contribution in [2.45, 2.75) is 51.1 Å². The van der Waals surface area contributed by atoms with Crippen molar-refractivity contribution in [2.24, 2.45) is 5.73 Å². The molecule has 0 atom stereocenters. The van der Waals surface area contributed by atoms with Gasteiger partial charge in [-0.15, -0.1) is 0 Å². The van der Waals surface area contributed by atoms with Crippen LogP contribution in [0.15, 0.2) is 36.5 Å². The molecule has 0 unspecified atom stereocenters. The van der Waals surface area contributed by atoms with Crippen LogP contribution in [-0.4, -0.2) is 31.8 Å². The first kappa shape index (κ1) is 16.0. The maximum Gasteiger partial charge on any atom is 0.168 e. The van der Waals surface area contributed by atoms with Crippen LogP contribution >= 0.6 is 0 Å². The number of fused-ring (bicyclic) bond motifs is 1. The summed E-state index contributed by atoms with van der Waals surface area (Å²) in [7, 11) is 0. The van der Waals surface area contributed by atoms with E-state index in [0.717, 1.165) is 60.5 Å². The van der Waals surface area contributed by atoms with Gasteiger partial charge in [0.25, 0.3) is 0 Å². The minimum atomic E-state index is 0.343. The van der Waals surface area contributed by atoms with Gasteiger partial charge in [-0.1, -0.05) is 25.1 Å². The predicted octanol–water partition coefficient (Wildman–Crippen LogP) is 3.06. The van der Waals surface area contributed by atoms with Crippen molar-refractivity contribution in [3.8, 4) is 5.69 Å². The lowest BCUT2D eigenvalue weighted by molar-refractivity contribution is 0.410. The minimum absolute atomic E-state index is 0.343. The average molecular weight is 336 g/mol. The Kier molecular flexibility index (Phi) is 4.36. The Labute approximate surface area is 147 Å². The van der Waals surface area contributed by atoms with Crippen molar-refractivity contribution in [1.82, 2.24) is 19.7 Å². The van der Waals surface area contributed by atoms with Gasteiger partial charge in [-0.3, -0.25) is 0 Å². The van der Waals surface area contributed by atoms with Gasteiger partial charge in [0.05, 0.1) is 17.3 Å². The number of anilines is 1. The fraction of sp³-hybridized carbons (Fsp3) is 0.421. The average Bonchev–Trinajstić information content (AvgIpc) is 3.08. The van der Waals surface area contributed by atoms with Crippen molar-refractivity contribution < 1.29 is 0 Å². The molecule has 25 heavy (non-hydrogen) atoms. The Morgan fingerprint density at radius 1 is 1.12 bits per heavy atom. The van der Waals surface area contributed by atoms with E-state index in [1.807, 2.05) is 41.2 Å². The molecule has 6 nitrogen and oxygen atoms in total. The summed E-state index contributed by atoms with van der Waals surface area (Å²) in [5.41, 5.74) is 7.89. The van der Waals surface area contributed by atoms with E-state index < -0.39 is 0 Å². The highest BCUT2D eigenvalue weighted by Crippen LogP contribution is 2.26. The molecule has 0 saturated heterocycles. The highest BCUT2D eigenvalue weighted by atomic mass is 15.3. The second-order valence-corrected chi connectivity index (χ2v) is 6.73. The van der Waals surface area contributed by atoms with Crippen LogP contribution in [0.5, 0.6) is 0 Å². The van der Waals surface area contributed by atoms with E-state index in [0.29, 0.717) is 12.1 Å². The van der Waals surface area contributed by atoms with Crippen molar-refractivity contribution >= 4 is 16.9 Å². The number of aromatic nitrogens is 4. The lowest BCUT2D eigenvalue weighted by atomic mass is 9.92. The van der Waals surface area contributed by atoms with Crippen molar-refractivity contribution in [2.75, 3.05) is 5.32 Å². The van der Waals surface area contributed by atoms with Gasteiger partial charge >= 0.3 is 0 Å². The summed E-state index contributed by atoms with van der Waals surface area (Å²) in [4.78, 5) is 9.46. The second-order valence-electron chi connectivity index (χ2n) is 6.73. The number of nitrogens with zero attached hydrogens (tertiary/aromatic N) is 4. The van der Waals surface area contributed by atoms with Crippen LogP contribution in [0.2, 0.25) is 0 Å². The number of hydrogen-bond acceptors (Lipinski definition) is 5. The van der Waals surface area contributed by atoms with Crippen LogP contribution in [0.4, 0.5) is 5.82 Å². The van der Waals surface area contributed by atoms with Gasteiger partial charge in [0.1, 0.15) is 11.6 Å². The van der Waals surface area contributed by atoms with E-state index in [2.05, 4.69) is 17.3 Å². The molecule has 1 aromatic carbocycles.